The van der Waals surface area contributed by atoms with Crippen LogP contribution in [0.5, 0.6) is 23.0 Å². The summed E-state index contributed by atoms with van der Waals surface area (Å²) >= 11 is 0. The fourth-order valence-corrected chi connectivity index (χ4v) is 3.58. The summed E-state index contributed by atoms with van der Waals surface area (Å²) in [4.78, 5) is 12.6. The Hall–Kier alpha value is -3.35. The van der Waals surface area contributed by atoms with E-state index in [4.69, 9.17) is 18.6 Å². The molecule has 33 heavy (non-hydrogen) atoms. The van der Waals surface area contributed by atoms with Gasteiger partial charge in [0.05, 0.1) is 13.7 Å². The molecular formula is C22H22O11. The Morgan fingerprint density at radius 2 is 1.73 bits per heavy atom. The van der Waals surface area contributed by atoms with Gasteiger partial charge in [-0.3, -0.25) is 4.79 Å². The molecule has 1 aromatic heterocycles. The van der Waals surface area contributed by atoms with Gasteiger partial charge in [0, 0.05) is 23.8 Å². The van der Waals surface area contributed by atoms with Crippen LogP contribution in [0.15, 0.2) is 45.6 Å². The van der Waals surface area contributed by atoms with E-state index in [1.807, 2.05) is 0 Å². The van der Waals surface area contributed by atoms with Crippen LogP contribution < -0.4 is 14.9 Å². The van der Waals surface area contributed by atoms with Crippen LogP contribution in [-0.2, 0) is 4.74 Å². The molecule has 0 aliphatic carbocycles. The van der Waals surface area contributed by atoms with Crippen molar-refractivity contribution < 1.29 is 49.3 Å². The van der Waals surface area contributed by atoms with Gasteiger partial charge in [-0.15, -0.1) is 0 Å². The zero-order chi connectivity index (χ0) is 23.9. The topological polar surface area (TPSA) is 179 Å². The van der Waals surface area contributed by atoms with Gasteiger partial charge in [-0.05, 0) is 18.2 Å². The molecule has 2 heterocycles. The second-order valence-electron chi connectivity index (χ2n) is 7.49. The van der Waals surface area contributed by atoms with Gasteiger partial charge in [0.25, 0.3) is 0 Å². The number of fused-ring (bicyclic) bond motifs is 1. The second kappa shape index (κ2) is 8.89. The predicted octanol–water partition coefficient (Wildman–Crippen LogP) is 0.0585. The average molecular weight is 462 g/mol. The fraction of sp³-hybridized carbons (Fsp3) is 0.318. The summed E-state index contributed by atoms with van der Waals surface area (Å²) in [6.07, 6.45) is -7.55. The smallest absolute Gasteiger partial charge is 0.229 e. The quantitative estimate of drug-likeness (QED) is 0.302. The Morgan fingerprint density at radius 1 is 0.970 bits per heavy atom. The van der Waals surface area contributed by atoms with E-state index < -0.39 is 48.5 Å². The van der Waals surface area contributed by atoms with E-state index in [9.17, 15) is 35.4 Å². The van der Waals surface area contributed by atoms with Crippen LogP contribution in [0.3, 0.4) is 0 Å². The van der Waals surface area contributed by atoms with E-state index in [1.165, 1.54) is 37.4 Å². The maximum Gasteiger partial charge on any atom is 0.229 e. The summed E-state index contributed by atoms with van der Waals surface area (Å²) in [7, 11) is 1.37. The van der Waals surface area contributed by atoms with E-state index >= 15 is 0 Å². The summed E-state index contributed by atoms with van der Waals surface area (Å²) in [5, 5.41) is 59.3. The van der Waals surface area contributed by atoms with Gasteiger partial charge in [0.1, 0.15) is 52.6 Å². The summed E-state index contributed by atoms with van der Waals surface area (Å²) in [5.74, 6) is -0.353. The lowest BCUT2D eigenvalue weighted by Gasteiger charge is -2.39. The molecule has 3 aromatic rings. The molecule has 0 radical (unpaired) electrons. The normalized spacial score (nSPS) is 25.2. The number of methoxy groups -OCH3 is 1. The SMILES string of the molecule is COc1cc(-c2cc(=O)c3c(O)cc(O[C@@H]4O[C@@H](CO)[C@H](O)[C@@H](O)[C@@H]4O)cc3o2)ccc1O. The van der Waals surface area contributed by atoms with E-state index in [1.54, 1.807) is 0 Å². The third-order valence-electron chi connectivity index (χ3n) is 5.35. The van der Waals surface area contributed by atoms with Crippen molar-refractivity contribution in [2.24, 2.45) is 0 Å². The highest BCUT2D eigenvalue weighted by molar-refractivity contribution is 5.86. The van der Waals surface area contributed by atoms with Crippen molar-refractivity contribution in [3.8, 4) is 34.3 Å². The lowest BCUT2D eigenvalue weighted by molar-refractivity contribution is -0.277. The van der Waals surface area contributed by atoms with Gasteiger partial charge in [0.15, 0.2) is 16.9 Å². The average Bonchev–Trinajstić information content (AvgIpc) is 2.79. The fourth-order valence-electron chi connectivity index (χ4n) is 3.58. The number of aromatic hydroxyl groups is 2. The van der Waals surface area contributed by atoms with E-state index in [2.05, 4.69) is 0 Å². The van der Waals surface area contributed by atoms with Crippen LogP contribution in [-0.4, -0.2) is 75.1 Å². The van der Waals surface area contributed by atoms with Gasteiger partial charge in [-0.2, -0.15) is 0 Å². The lowest BCUT2D eigenvalue weighted by Crippen LogP contribution is -2.60. The Morgan fingerprint density at radius 3 is 2.42 bits per heavy atom. The molecule has 1 saturated heterocycles. The summed E-state index contributed by atoms with van der Waals surface area (Å²) in [6, 6.07) is 7.90. The molecule has 0 amide bonds. The van der Waals surface area contributed by atoms with Crippen molar-refractivity contribution in [3.63, 3.8) is 0 Å². The highest BCUT2D eigenvalue weighted by Crippen LogP contribution is 2.35. The number of rotatable bonds is 5. The molecule has 1 aliphatic rings. The van der Waals surface area contributed by atoms with Crippen molar-refractivity contribution in [2.75, 3.05) is 13.7 Å². The minimum Gasteiger partial charge on any atom is -0.507 e. The molecule has 6 N–H and O–H groups in total. The maximum atomic E-state index is 12.6. The van der Waals surface area contributed by atoms with Gasteiger partial charge in [0.2, 0.25) is 6.29 Å². The highest BCUT2D eigenvalue weighted by atomic mass is 16.7. The molecule has 11 heteroatoms. The van der Waals surface area contributed by atoms with Crippen LogP contribution in [0.2, 0.25) is 0 Å². The first-order chi connectivity index (χ1) is 15.7. The molecule has 0 unspecified atom stereocenters. The molecule has 0 saturated carbocycles. The number of phenolic OH excluding ortho intramolecular Hbond substituents is 2. The van der Waals surface area contributed by atoms with E-state index in [-0.39, 0.29) is 34.0 Å². The van der Waals surface area contributed by atoms with Crippen molar-refractivity contribution in [1.29, 1.82) is 0 Å². The molecule has 2 aromatic carbocycles. The lowest BCUT2D eigenvalue weighted by atomic mass is 9.99. The Bertz CT molecular complexity index is 1220. The van der Waals surface area contributed by atoms with Crippen LogP contribution in [0.1, 0.15) is 0 Å². The molecule has 176 valence electrons. The number of aliphatic hydroxyl groups is 4. The van der Waals surface area contributed by atoms with Crippen LogP contribution in [0.4, 0.5) is 0 Å². The molecule has 11 nitrogen and oxygen atoms in total. The molecule has 5 atom stereocenters. The maximum absolute atomic E-state index is 12.6. The van der Waals surface area contributed by atoms with Gasteiger partial charge >= 0.3 is 0 Å². The van der Waals surface area contributed by atoms with Crippen molar-refractivity contribution >= 4 is 11.0 Å². The first-order valence-corrected chi connectivity index (χ1v) is 9.89. The molecule has 0 spiro atoms. The Labute approximate surface area is 186 Å². The number of phenols is 2. The van der Waals surface area contributed by atoms with Crippen molar-refractivity contribution in [3.05, 3.63) is 46.6 Å². The van der Waals surface area contributed by atoms with Gasteiger partial charge < -0.3 is 49.3 Å². The summed E-state index contributed by atoms with van der Waals surface area (Å²) in [6.45, 7) is -0.637. The summed E-state index contributed by atoms with van der Waals surface area (Å²) < 4.78 is 21.7. The molecule has 0 bridgehead atoms. The van der Waals surface area contributed by atoms with E-state index in [0.29, 0.717) is 5.56 Å². The Balaban J connectivity index is 1.72. The third kappa shape index (κ3) is 4.19. The van der Waals surface area contributed by atoms with E-state index in [0.717, 1.165) is 6.07 Å². The van der Waals surface area contributed by atoms with Crippen molar-refractivity contribution in [2.45, 2.75) is 30.7 Å². The van der Waals surface area contributed by atoms with Crippen molar-refractivity contribution in [1.82, 2.24) is 0 Å². The molecule has 1 fully saturated rings. The van der Waals surface area contributed by atoms with Gasteiger partial charge in [-0.25, -0.2) is 0 Å². The number of aliphatic hydroxyl groups excluding tert-OH is 4. The summed E-state index contributed by atoms with van der Waals surface area (Å²) in [5.41, 5.74) is -0.178. The van der Waals surface area contributed by atoms with Crippen LogP contribution in [0.25, 0.3) is 22.3 Å². The van der Waals surface area contributed by atoms with Gasteiger partial charge in [-0.1, -0.05) is 0 Å². The largest absolute Gasteiger partial charge is 0.507 e. The molecular weight excluding hydrogens is 440 g/mol. The highest BCUT2D eigenvalue weighted by Gasteiger charge is 2.44. The van der Waals surface area contributed by atoms with Crippen LogP contribution >= 0.6 is 0 Å². The Kier molecular flexibility index (Phi) is 6.15. The molecule has 4 rings (SSSR count). The zero-order valence-corrected chi connectivity index (χ0v) is 17.3. The standard InChI is InChI=1S/C22H22O11/c1-30-15-4-9(2-3-11(15)24)14-7-13(26)18-12(25)5-10(6-16(18)32-14)31-22-21(29)20(28)19(27)17(8-23)33-22/h2-7,17,19-25,27-29H,8H2,1H3/t17-,19-,20+,21-,22+/m0/s1. The molecule has 1 aliphatic heterocycles. The number of hydrogen-bond acceptors (Lipinski definition) is 11. The number of ether oxygens (including phenoxy) is 3. The first-order valence-electron chi connectivity index (χ1n) is 9.89. The minimum absolute atomic E-state index is 0.0517. The second-order valence-corrected chi connectivity index (χ2v) is 7.49. The zero-order valence-electron chi connectivity index (χ0n) is 17.3. The monoisotopic (exact) mass is 462 g/mol. The predicted molar refractivity (Wildman–Crippen MR) is 112 cm³/mol. The third-order valence-corrected chi connectivity index (χ3v) is 5.35. The number of benzene rings is 2. The first kappa shape index (κ1) is 22.8. The minimum atomic E-state index is -1.66. The van der Waals surface area contributed by atoms with Crippen LogP contribution in [0, 0.1) is 0 Å². The number of hydrogen-bond donors (Lipinski definition) is 6.